The molecule has 0 spiro atoms. The van der Waals surface area contributed by atoms with Crippen LogP contribution in [0.3, 0.4) is 0 Å². The molecule has 0 aliphatic heterocycles. The molecule has 0 nitrogen and oxygen atoms in total. The highest BCUT2D eigenvalue weighted by atomic mass is 14.0. The number of hydrogen-bond donors (Lipinski definition) is 0. The van der Waals surface area contributed by atoms with Crippen LogP contribution in [-0.2, 0) is 0 Å². The van der Waals surface area contributed by atoms with Crippen LogP contribution >= 0.6 is 0 Å². The van der Waals surface area contributed by atoms with Crippen LogP contribution in [0.15, 0.2) is 0 Å². The van der Waals surface area contributed by atoms with E-state index in [0.29, 0.717) is 0 Å². The average molecular weight is 196 g/mol. The summed E-state index contributed by atoms with van der Waals surface area (Å²) in [5.41, 5.74) is 0. The Bertz CT molecular complexity index is 99.4. The van der Waals surface area contributed by atoms with E-state index in [1.54, 1.807) is 0 Å². The first kappa shape index (κ1) is 14.1. The highest BCUT2D eigenvalue weighted by Crippen LogP contribution is 2.13. The molecule has 0 aromatic heterocycles. The van der Waals surface area contributed by atoms with Gasteiger partial charge in [0, 0.05) is 0 Å². The summed E-state index contributed by atoms with van der Waals surface area (Å²) in [6, 6.07) is 0. The quantitative estimate of drug-likeness (QED) is 0.360. The fourth-order valence-electron chi connectivity index (χ4n) is 1.86. The molecule has 0 aliphatic rings. The monoisotopic (exact) mass is 196 g/mol. The van der Waals surface area contributed by atoms with Crippen molar-refractivity contribution in [3.8, 4) is 0 Å². The van der Waals surface area contributed by atoms with Crippen LogP contribution in [0.4, 0.5) is 0 Å². The number of unbranched alkanes of at least 4 members (excludes halogenated alkanes) is 8. The Balaban J connectivity index is 2.85. The van der Waals surface area contributed by atoms with Crippen molar-refractivity contribution in [3.05, 3.63) is 0 Å². The van der Waals surface area contributed by atoms with Crippen molar-refractivity contribution in [1.82, 2.24) is 0 Å². The van der Waals surface area contributed by atoms with Gasteiger partial charge in [-0.15, -0.1) is 0 Å². The van der Waals surface area contributed by atoms with Gasteiger partial charge in [-0.05, 0) is 0 Å². The third-order valence-electron chi connectivity index (χ3n) is 2.89. The van der Waals surface area contributed by atoms with Crippen LogP contribution in [-0.4, -0.2) is 7.85 Å². The van der Waals surface area contributed by atoms with E-state index in [9.17, 15) is 0 Å². The zero-order valence-corrected chi connectivity index (χ0v) is 10.6. The summed E-state index contributed by atoms with van der Waals surface area (Å²) in [6.07, 6.45) is 14.5. The van der Waals surface area contributed by atoms with Crippen LogP contribution in [0.2, 0.25) is 5.82 Å². The summed E-state index contributed by atoms with van der Waals surface area (Å²) < 4.78 is 0. The van der Waals surface area contributed by atoms with Gasteiger partial charge in [0.1, 0.15) is 7.85 Å². The van der Waals surface area contributed by atoms with Crippen molar-refractivity contribution in [2.75, 3.05) is 0 Å². The molecule has 0 saturated heterocycles. The van der Waals surface area contributed by atoms with Crippen LogP contribution in [0.5, 0.6) is 0 Å². The molecule has 0 heterocycles. The molecule has 1 unspecified atom stereocenters. The van der Waals surface area contributed by atoms with Gasteiger partial charge in [0.2, 0.25) is 0 Å². The summed E-state index contributed by atoms with van der Waals surface area (Å²) in [5.74, 6) is 0.902. The smallest absolute Gasteiger partial charge is 0.0725 e. The molecular formula is C13H29B. The maximum absolute atomic E-state index is 2.32. The van der Waals surface area contributed by atoms with Gasteiger partial charge in [-0.2, -0.15) is 0 Å². The lowest BCUT2D eigenvalue weighted by molar-refractivity contribution is 0.554. The minimum absolute atomic E-state index is 0.902. The van der Waals surface area contributed by atoms with Gasteiger partial charge in [0.05, 0.1) is 0 Å². The Morgan fingerprint density at radius 2 is 1.21 bits per heavy atom. The highest BCUT2D eigenvalue weighted by molar-refractivity contribution is 6.11. The summed E-state index contributed by atoms with van der Waals surface area (Å²) in [6.45, 7) is 4.61. The molecule has 0 rings (SSSR count). The lowest BCUT2D eigenvalue weighted by Crippen LogP contribution is -1.86. The lowest BCUT2D eigenvalue weighted by atomic mass is 9.85. The molecule has 0 N–H and O–H groups in total. The molecule has 0 amide bonds. The zero-order chi connectivity index (χ0) is 10.6. The Labute approximate surface area is 92.3 Å². The third-order valence-corrected chi connectivity index (χ3v) is 2.89. The van der Waals surface area contributed by atoms with E-state index in [0.717, 1.165) is 5.82 Å². The van der Waals surface area contributed by atoms with Gasteiger partial charge < -0.3 is 0 Å². The average Bonchev–Trinajstić information content (AvgIpc) is 2.15. The Kier molecular flexibility index (Phi) is 11.2. The van der Waals surface area contributed by atoms with E-state index < -0.39 is 0 Å². The molecule has 0 fully saturated rings. The highest BCUT2D eigenvalue weighted by Gasteiger charge is 1.94. The first-order chi connectivity index (χ1) is 6.77. The van der Waals surface area contributed by atoms with Gasteiger partial charge in [0.25, 0.3) is 0 Å². The maximum Gasteiger partial charge on any atom is 0.105 e. The number of hydrogen-bond acceptors (Lipinski definition) is 0. The van der Waals surface area contributed by atoms with Crippen LogP contribution < -0.4 is 0 Å². The summed E-state index contributed by atoms with van der Waals surface area (Å²) >= 11 is 0. The van der Waals surface area contributed by atoms with Crippen molar-refractivity contribution >= 4 is 7.85 Å². The molecule has 0 saturated carbocycles. The topological polar surface area (TPSA) is 0 Å². The second kappa shape index (κ2) is 11.1. The van der Waals surface area contributed by atoms with Crippen LogP contribution in [0.25, 0.3) is 0 Å². The summed E-state index contributed by atoms with van der Waals surface area (Å²) in [7, 11) is 2.32. The van der Waals surface area contributed by atoms with Crippen LogP contribution in [0, 0.1) is 0 Å². The Morgan fingerprint density at radius 3 is 1.64 bits per heavy atom. The third kappa shape index (κ3) is 12.1. The maximum atomic E-state index is 2.32. The Morgan fingerprint density at radius 1 is 0.786 bits per heavy atom. The molecule has 0 bridgehead atoms. The van der Waals surface area contributed by atoms with Gasteiger partial charge in [0.15, 0.2) is 0 Å². The van der Waals surface area contributed by atoms with Crippen molar-refractivity contribution in [3.63, 3.8) is 0 Å². The predicted octanol–water partition coefficient (Wildman–Crippen LogP) is 4.35. The van der Waals surface area contributed by atoms with Crippen molar-refractivity contribution < 1.29 is 0 Å². The molecule has 0 aromatic carbocycles. The van der Waals surface area contributed by atoms with Crippen molar-refractivity contribution in [1.29, 1.82) is 0 Å². The van der Waals surface area contributed by atoms with E-state index in [1.807, 2.05) is 0 Å². The molecule has 0 aliphatic carbocycles. The van der Waals surface area contributed by atoms with Gasteiger partial charge in [-0.1, -0.05) is 83.9 Å². The molecule has 1 atom stereocenters. The van der Waals surface area contributed by atoms with E-state index in [1.165, 1.54) is 64.2 Å². The van der Waals surface area contributed by atoms with Crippen LogP contribution in [0.1, 0.15) is 78.1 Å². The zero-order valence-electron chi connectivity index (χ0n) is 10.6. The summed E-state index contributed by atoms with van der Waals surface area (Å²) in [5, 5.41) is 0. The van der Waals surface area contributed by atoms with E-state index >= 15 is 0 Å². The number of rotatable bonds is 10. The van der Waals surface area contributed by atoms with Crippen molar-refractivity contribution in [2.24, 2.45) is 0 Å². The van der Waals surface area contributed by atoms with Crippen molar-refractivity contribution in [2.45, 2.75) is 83.9 Å². The predicted molar refractivity (Wildman–Crippen MR) is 69.8 cm³/mol. The standard InChI is InChI=1S/C13H29B/c1-3-4-5-6-7-8-9-10-11-12-13(2)14/h13H,3-12,14H2,1-2H3. The van der Waals surface area contributed by atoms with E-state index in [-0.39, 0.29) is 0 Å². The largest absolute Gasteiger partial charge is 0.105 e. The first-order valence-corrected chi connectivity index (χ1v) is 6.77. The van der Waals surface area contributed by atoms with E-state index in [2.05, 4.69) is 21.7 Å². The fourth-order valence-corrected chi connectivity index (χ4v) is 1.86. The second-order valence-electron chi connectivity index (χ2n) is 5.01. The lowest BCUT2D eigenvalue weighted by Gasteiger charge is -2.04. The molecule has 14 heavy (non-hydrogen) atoms. The normalized spacial score (nSPS) is 13.0. The molecular weight excluding hydrogens is 167 g/mol. The summed E-state index contributed by atoms with van der Waals surface area (Å²) in [4.78, 5) is 0. The molecule has 84 valence electrons. The van der Waals surface area contributed by atoms with E-state index in [4.69, 9.17) is 0 Å². The molecule has 0 radical (unpaired) electrons. The van der Waals surface area contributed by atoms with Gasteiger partial charge >= 0.3 is 0 Å². The minimum Gasteiger partial charge on any atom is -0.0725 e. The SMILES string of the molecule is BC(C)CCCCCCCCCCC. The van der Waals surface area contributed by atoms with Gasteiger partial charge in [-0.3, -0.25) is 0 Å². The van der Waals surface area contributed by atoms with Gasteiger partial charge in [-0.25, -0.2) is 0 Å². The molecule has 0 aromatic rings. The Hall–Kier alpha value is 0.0649. The second-order valence-corrected chi connectivity index (χ2v) is 5.01. The molecule has 1 heteroatoms. The fraction of sp³-hybridized carbons (Fsp3) is 1.00. The first-order valence-electron chi connectivity index (χ1n) is 6.77. The minimum atomic E-state index is 0.902.